The van der Waals surface area contributed by atoms with Crippen molar-refractivity contribution < 1.29 is 21.6 Å². The number of hydrogen-bond donors (Lipinski definition) is 1. The summed E-state index contributed by atoms with van der Waals surface area (Å²) in [6.07, 6.45) is 2.72. The average molecular weight is 459 g/mol. The first-order chi connectivity index (χ1) is 14.2. The summed E-state index contributed by atoms with van der Waals surface area (Å²) in [4.78, 5) is 15.4. The summed E-state index contributed by atoms with van der Waals surface area (Å²) >= 11 is 0. The number of amides is 1. The van der Waals surface area contributed by atoms with Crippen molar-refractivity contribution in [3.8, 4) is 0 Å². The minimum atomic E-state index is -3.72. The van der Waals surface area contributed by atoms with Gasteiger partial charge in [-0.1, -0.05) is 6.42 Å². The summed E-state index contributed by atoms with van der Waals surface area (Å²) < 4.78 is 54.5. The Hall–Kier alpha value is -1.53. The molecule has 2 aliphatic rings. The molecule has 2 saturated heterocycles. The highest BCUT2D eigenvalue weighted by Crippen LogP contribution is 2.21. The van der Waals surface area contributed by atoms with Crippen LogP contribution in [0.1, 0.15) is 26.2 Å². The van der Waals surface area contributed by atoms with Gasteiger partial charge in [-0.05, 0) is 37.1 Å². The maximum atomic E-state index is 12.7. The summed E-state index contributed by atoms with van der Waals surface area (Å²) in [7, 11) is -7.31. The molecule has 1 aromatic rings. The number of benzene rings is 1. The summed E-state index contributed by atoms with van der Waals surface area (Å²) in [5.41, 5.74) is 0. The molecule has 0 aliphatic carbocycles. The number of carbonyl (C=O) groups is 1. The smallest absolute Gasteiger partial charge is 0.243 e. The van der Waals surface area contributed by atoms with E-state index >= 15 is 0 Å². The maximum absolute atomic E-state index is 12.7. The van der Waals surface area contributed by atoms with Crippen molar-refractivity contribution in [2.24, 2.45) is 0 Å². The Morgan fingerprint density at radius 2 is 1.43 bits per heavy atom. The monoisotopic (exact) mass is 458 g/mol. The lowest BCUT2D eigenvalue weighted by atomic mass is 10.2. The number of rotatable bonds is 7. The van der Waals surface area contributed by atoms with Crippen molar-refractivity contribution in [3.05, 3.63) is 24.3 Å². The largest absolute Gasteiger partial charge is 0.340 e. The van der Waals surface area contributed by atoms with Crippen molar-refractivity contribution in [2.45, 2.75) is 36.0 Å². The van der Waals surface area contributed by atoms with Crippen LogP contribution in [0.4, 0.5) is 0 Å². The van der Waals surface area contributed by atoms with Crippen LogP contribution in [0.5, 0.6) is 0 Å². The molecule has 11 heteroatoms. The fourth-order valence-electron chi connectivity index (χ4n) is 3.75. The molecular formula is C19H30N4O5S2. The molecule has 0 bridgehead atoms. The highest BCUT2D eigenvalue weighted by molar-refractivity contribution is 7.89. The zero-order chi connectivity index (χ0) is 21.8. The molecule has 3 rings (SSSR count). The molecule has 1 aromatic carbocycles. The first-order valence-corrected chi connectivity index (χ1v) is 13.2. The fourth-order valence-corrected chi connectivity index (χ4v) is 6.29. The van der Waals surface area contributed by atoms with E-state index in [1.54, 1.807) is 11.8 Å². The third-order valence-electron chi connectivity index (χ3n) is 5.62. The van der Waals surface area contributed by atoms with Crippen molar-refractivity contribution in [1.82, 2.24) is 18.8 Å². The van der Waals surface area contributed by atoms with Gasteiger partial charge in [0.1, 0.15) is 0 Å². The molecular weight excluding hydrogens is 428 g/mol. The number of piperazine rings is 1. The van der Waals surface area contributed by atoms with E-state index < -0.39 is 20.0 Å². The lowest BCUT2D eigenvalue weighted by Crippen LogP contribution is -2.49. The summed E-state index contributed by atoms with van der Waals surface area (Å²) in [6, 6.07) is 5.40. The minimum absolute atomic E-state index is 0.0430. The fraction of sp³-hybridized carbons (Fsp3) is 0.632. The maximum Gasteiger partial charge on any atom is 0.243 e. The predicted molar refractivity (Wildman–Crippen MR) is 113 cm³/mol. The van der Waals surface area contributed by atoms with E-state index in [2.05, 4.69) is 9.62 Å². The molecule has 0 saturated carbocycles. The Balaban J connectivity index is 1.54. The zero-order valence-electron chi connectivity index (χ0n) is 17.3. The van der Waals surface area contributed by atoms with Crippen LogP contribution in [0.2, 0.25) is 0 Å². The Labute approximate surface area is 179 Å². The highest BCUT2D eigenvalue weighted by atomic mass is 32.2. The second-order valence-electron chi connectivity index (χ2n) is 7.68. The van der Waals surface area contributed by atoms with Gasteiger partial charge in [0.15, 0.2) is 0 Å². The summed E-state index contributed by atoms with van der Waals surface area (Å²) in [6.45, 7) is 6.07. The molecule has 9 nitrogen and oxygen atoms in total. The number of piperidine rings is 1. The van der Waals surface area contributed by atoms with E-state index in [0.29, 0.717) is 45.8 Å². The van der Waals surface area contributed by atoms with Crippen molar-refractivity contribution >= 4 is 26.0 Å². The second-order valence-corrected chi connectivity index (χ2v) is 11.4. The van der Waals surface area contributed by atoms with E-state index in [1.165, 1.54) is 28.6 Å². The second kappa shape index (κ2) is 9.73. The molecule has 0 atom stereocenters. The molecule has 0 spiro atoms. The zero-order valence-corrected chi connectivity index (χ0v) is 18.9. The predicted octanol–water partition coefficient (Wildman–Crippen LogP) is 0.304. The Morgan fingerprint density at radius 1 is 0.867 bits per heavy atom. The molecule has 30 heavy (non-hydrogen) atoms. The molecule has 2 aliphatic heterocycles. The number of carbonyl (C=O) groups excluding carboxylic acids is 1. The number of sulfonamides is 2. The van der Waals surface area contributed by atoms with E-state index in [1.807, 2.05) is 0 Å². The van der Waals surface area contributed by atoms with Gasteiger partial charge in [0.05, 0.1) is 9.79 Å². The lowest BCUT2D eigenvalue weighted by Gasteiger charge is -2.34. The van der Waals surface area contributed by atoms with Gasteiger partial charge in [-0.15, -0.1) is 0 Å². The molecule has 0 aromatic heterocycles. The molecule has 2 fully saturated rings. The lowest BCUT2D eigenvalue weighted by molar-refractivity contribution is -0.130. The minimum Gasteiger partial charge on any atom is -0.340 e. The van der Waals surface area contributed by atoms with Crippen LogP contribution in [-0.2, 0) is 24.8 Å². The van der Waals surface area contributed by atoms with Gasteiger partial charge in [0.2, 0.25) is 26.0 Å². The van der Waals surface area contributed by atoms with Gasteiger partial charge in [-0.25, -0.2) is 21.6 Å². The van der Waals surface area contributed by atoms with Crippen LogP contribution in [0.3, 0.4) is 0 Å². The standard InChI is InChI=1S/C19H30N4O5S2/c1-17(24)22-15-13-21(14-16-22)12-9-20-29(25,26)18-5-7-19(8-6-18)30(27,28)23-10-3-2-4-11-23/h5-8,20H,2-4,9-16H2,1H3. The van der Waals surface area contributed by atoms with E-state index in [0.717, 1.165) is 19.3 Å². The van der Waals surface area contributed by atoms with E-state index in [9.17, 15) is 21.6 Å². The van der Waals surface area contributed by atoms with Crippen LogP contribution in [0.15, 0.2) is 34.1 Å². The van der Waals surface area contributed by atoms with Gasteiger partial charge in [-0.2, -0.15) is 4.31 Å². The number of hydrogen-bond acceptors (Lipinski definition) is 6. The molecule has 168 valence electrons. The van der Waals surface area contributed by atoms with Gasteiger partial charge in [-0.3, -0.25) is 9.69 Å². The normalized spacial score (nSPS) is 19.7. The van der Waals surface area contributed by atoms with Crippen molar-refractivity contribution in [1.29, 1.82) is 0 Å². The number of nitrogens with zero attached hydrogens (tertiary/aromatic N) is 3. The Kier molecular flexibility index (Phi) is 7.51. The average Bonchev–Trinajstić information content (AvgIpc) is 2.75. The molecule has 0 unspecified atom stereocenters. The van der Waals surface area contributed by atoms with Crippen LogP contribution < -0.4 is 4.72 Å². The van der Waals surface area contributed by atoms with Crippen molar-refractivity contribution in [2.75, 3.05) is 52.4 Å². The highest BCUT2D eigenvalue weighted by Gasteiger charge is 2.26. The van der Waals surface area contributed by atoms with Gasteiger partial charge >= 0.3 is 0 Å². The van der Waals surface area contributed by atoms with Gasteiger partial charge < -0.3 is 4.90 Å². The molecule has 1 N–H and O–H groups in total. The number of nitrogens with one attached hydrogen (secondary N) is 1. The van der Waals surface area contributed by atoms with E-state index in [-0.39, 0.29) is 22.2 Å². The third kappa shape index (κ3) is 5.58. The first kappa shape index (κ1) is 23.1. The van der Waals surface area contributed by atoms with Crippen LogP contribution >= 0.6 is 0 Å². The van der Waals surface area contributed by atoms with Gasteiger partial charge in [0, 0.05) is 59.3 Å². The van der Waals surface area contributed by atoms with Crippen LogP contribution in [0.25, 0.3) is 0 Å². The quantitative estimate of drug-likeness (QED) is 0.630. The van der Waals surface area contributed by atoms with Crippen LogP contribution in [0, 0.1) is 0 Å². The third-order valence-corrected chi connectivity index (χ3v) is 9.01. The van der Waals surface area contributed by atoms with Crippen molar-refractivity contribution in [3.63, 3.8) is 0 Å². The summed E-state index contributed by atoms with van der Waals surface area (Å²) in [5, 5.41) is 0. The Morgan fingerprint density at radius 3 is 2.00 bits per heavy atom. The summed E-state index contributed by atoms with van der Waals surface area (Å²) in [5.74, 6) is 0.0566. The molecule has 2 heterocycles. The Bertz CT molecular complexity index is 934. The van der Waals surface area contributed by atoms with Gasteiger partial charge in [0.25, 0.3) is 0 Å². The SMILES string of the molecule is CC(=O)N1CCN(CCNS(=O)(=O)c2ccc(S(=O)(=O)N3CCCCC3)cc2)CC1. The molecule has 0 radical (unpaired) electrons. The first-order valence-electron chi connectivity index (χ1n) is 10.3. The van der Waals surface area contributed by atoms with E-state index in [4.69, 9.17) is 0 Å². The van der Waals surface area contributed by atoms with Crippen LogP contribution in [-0.4, -0.2) is 89.2 Å². The topological polar surface area (TPSA) is 107 Å². The molecule has 1 amide bonds.